The molecule has 2 amide bonds. The molecule has 0 bridgehead atoms. The lowest BCUT2D eigenvalue weighted by atomic mass is 10.1. The zero-order chi connectivity index (χ0) is 21.5. The molecule has 0 spiro atoms. The average Bonchev–Trinajstić information content (AvgIpc) is 3.04. The van der Waals surface area contributed by atoms with Crippen molar-refractivity contribution in [1.82, 2.24) is 20.0 Å². The number of aromatic nitrogens is 2. The second kappa shape index (κ2) is 9.91. The van der Waals surface area contributed by atoms with Crippen molar-refractivity contribution < 1.29 is 13.9 Å². The van der Waals surface area contributed by atoms with Crippen LogP contribution in [0.25, 0.3) is 11.3 Å². The third-order valence-corrected chi connectivity index (χ3v) is 4.60. The lowest BCUT2D eigenvalue weighted by Crippen LogP contribution is -2.39. The lowest BCUT2D eigenvalue weighted by molar-refractivity contribution is 0.195. The van der Waals surface area contributed by atoms with Gasteiger partial charge < -0.3 is 15.0 Å². The largest absolute Gasteiger partial charge is 0.439 e. The zero-order valence-corrected chi connectivity index (χ0v) is 17.6. The second-order valence-corrected chi connectivity index (χ2v) is 6.94. The Morgan fingerprint density at radius 1 is 1.17 bits per heavy atom. The Hall–Kier alpha value is -3.35. The highest BCUT2D eigenvalue weighted by Crippen LogP contribution is 2.34. The molecule has 1 N–H and O–H groups in total. The van der Waals surface area contributed by atoms with Gasteiger partial charge in [-0.25, -0.2) is 13.9 Å². The number of rotatable bonds is 8. The fraction of sp³-hybridized carbons (Fsp3) is 0.304. The Morgan fingerprint density at radius 3 is 2.60 bits per heavy atom. The van der Waals surface area contributed by atoms with Crippen LogP contribution in [-0.4, -0.2) is 33.8 Å². The molecule has 3 rings (SSSR count). The molecule has 6 nitrogen and oxygen atoms in total. The van der Waals surface area contributed by atoms with Crippen molar-refractivity contribution in [3.8, 4) is 22.9 Å². The summed E-state index contributed by atoms with van der Waals surface area (Å²) in [6, 6.07) is 15.6. The molecule has 0 aliphatic carbocycles. The first kappa shape index (κ1) is 21.4. The number of ether oxygens (including phenoxy) is 1. The molecule has 3 aromatic rings. The van der Waals surface area contributed by atoms with Crippen LogP contribution in [0, 0.1) is 5.82 Å². The van der Waals surface area contributed by atoms with Gasteiger partial charge in [0.15, 0.2) is 0 Å². The summed E-state index contributed by atoms with van der Waals surface area (Å²) in [7, 11) is 1.78. The minimum absolute atomic E-state index is 0.140. The van der Waals surface area contributed by atoms with Gasteiger partial charge in [-0.2, -0.15) is 5.10 Å². The summed E-state index contributed by atoms with van der Waals surface area (Å²) in [5, 5.41) is 7.52. The Balaban J connectivity index is 2.05. The van der Waals surface area contributed by atoms with Crippen LogP contribution in [0.5, 0.6) is 11.6 Å². The van der Waals surface area contributed by atoms with E-state index in [-0.39, 0.29) is 11.8 Å². The summed E-state index contributed by atoms with van der Waals surface area (Å²) < 4.78 is 21.4. The first-order chi connectivity index (χ1) is 14.5. The molecule has 0 aliphatic rings. The highest BCUT2D eigenvalue weighted by molar-refractivity contribution is 5.75. The van der Waals surface area contributed by atoms with Gasteiger partial charge >= 0.3 is 6.03 Å². The molecule has 1 heterocycles. The topological polar surface area (TPSA) is 59.4 Å². The van der Waals surface area contributed by atoms with E-state index in [4.69, 9.17) is 4.74 Å². The van der Waals surface area contributed by atoms with Gasteiger partial charge in [-0.05, 0) is 25.5 Å². The summed E-state index contributed by atoms with van der Waals surface area (Å²) in [4.78, 5) is 14.3. The normalized spacial score (nSPS) is 10.7. The number of carbonyl (C=O) groups is 1. The molecule has 7 heteroatoms. The number of urea groups is 1. The number of halogens is 1. The number of nitrogens with one attached hydrogen (secondary N) is 1. The smallest absolute Gasteiger partial charge is 0.317 e. The Bertz CT molecular complexity index is 988. The van der Waals surface area contributed by atoms with E-state index in [0.717, 1.165) is 23.2 Å². The molecule has 0 saturated heterocycles. The third kappa shape index (κ3) is 4.97. The summed E-state index contributed by atoms with van der Waals surface area (Å²) in [6.07, 6.45) is 0.818. The van der Waals surface area contributed by atoms with E-state index in [0.29, 0.717) is 31.3 Å². The van der Waals surface area contributed by atoms with Crippen LogP contribution in [0.2, 0.25) is 0 Å². The van der Waals surface area contributed by atoms with Gasteiger partial charge in [-0.15, -0.1) is 0 Å². The Labute approximate surface area is 176 Å². The predicted molar refractivity (Wildman–Crippen MR) is 115 cm³/mol. The molecule has 0 unspecified atom stereocenters. The number of hydrogen-bond acceptors (Lipinski definition) is 3. The molecule has 0 radical (unpaired) electrons. The quantitative estimate of drug-likeness (QED) is 0.571. The van der Waals surface area contributed by atoms with Gasteiger partial charge in [0.25, 0.3) is 0 Å². The predicted octanol–water partition coefficient (Wildman–Crippen LogP) is 4.96. The van der Waals surface area contributed by atoms with Crippen molar-refractivity contribution >= 4 is 6.03 Å². The van der Waals surface area contributed by atoms with Crippen molar-refractivity contribution in [1.29, 1.82) is 0 Å². The van der Waals surface area contributed by atoms with Gasteiger partial charge in [-0.3, -0.25) is 0 Å². The van der Waals surface area contributed by atoms with E-state index in [1.54, 1.807) is 28.8 Å². The number of benzene rings is 2. The molecule has 158 valence electrons. The summed E-state index contributed by atoms with van der Waals surface area (Å²) in [5.74, 6) is 0.471. The highest BCUT2D eigenvalue weighted by atomic mass is 19.1. The molecular formula is C23H27FN4O2. The molecule has 0 fully saturated rings. The van der Waals surface area contributed by atoms with Crippen LogP contribution >= 0.6 is 0 Å². The van der Waals surface area contributed by atoms with Crippen LogP contribution in [-0.2, 0) is 13.6 Å². The van der Waals surface area contributed by atoms with Gasteiger partial charge in [0.1, 0.15) is 17.3 Å². The number of nitrogens with zero attached hydrogens (tertiary/aromatic N) is 3. The maximum Gasteiger partial charge on any atom is 0.317 e. The summed E-state index contributed by atoms with van der Waals surface area (Å²) in [6.45, 7) is 5.37. The first-order valence-corrected chi connectivity index (χ1v) is 10.1. The van der Waals surface area contributed by atoms with E-state index in [9.17, 15) is 9.18 Å². The number of carbonyl (C=O) groups excluding carboxylic acids is 1. The van der Waals surface area contributed by atoms with Crippen molar-refractivity contribution in [2.75, 3.05) is 13.1 Å². The standard InChI is InChI=1S/C23H27FN4O2/c1-4-14-28(23(29)25-5-2)16-20-21(17-10-7-6-8-11-17)26-27(3)22(20)30-19-13-9-12-18(24)15-19/h6-13,15H,4-5,14,16H2,1-3H3,(H,25,29). The first-order valence-electron chi connectivity index (χ1n) is 10.1. The second-order valence-electron chi connectivity index (χ2n) is 6.94. The van der Waals surface area contributed by atoms with Crippen LogP contribution in [0.3, 0.4) is 0 Å². The van der Waals surface area contributed by atoms with Crippen LogP contribution in [0.1, 0.15) is 25.8 Å². The lowest BCUT2D eigenvalue weighted by Gasteiger charge is -2.23. The van der Waals surface area contributed by atoms with Crippen LogP contribution in [0.15, 0.2) is 54.6 Å². The monoisotopic (exact) mass is 410 g/mol. The van der Waals surface area contributed by atoms with Gasteiger partial charge in [0.05, 0.1) is 12.1 Å². The third-order valence-electron chi connectivity index (χ3n) is 4.60. The van der Waals surface area contributed by atoms with Gasteiger partial charge in [-0.1, -0.05) is 43.3 Å². The number of hydrogen-bond donors (Lipinski definition) is 1. The fourth-order valence-electron chi connectivity index (χ4n) is 3.27. The van der Waals surface area contributed by atoms with Gasteiger partial charge in [0.2, 0.25) is 5.88 Å². The number of aryl methyl sites for hydroxylation is 1. The summed E-state index contributed by atoms with van der Waals surface area (Å²) in [5.41, 5.74) is 2.42. The minimum Gasteiger partial charge on any atom is -0.439 e. The van der Waals surface area contributed by atoms with Crippen LogP contribution < -0.4 is 10.1 Å². The van der Waals surface area contributed by atoms with E-state index in [1.807, 2.05) is 44.2 Å². The van der Waals surface area contributed by atoms with E-state index in [1.165, 1.54) is 12.1 Å². The molecule has 0 saturated carbocycles. The molecule has 2 aromatic carbocycles. The molecule has 30 heavy (non-hydrogen) atoms. The van der Waals surface area contributed by atoms with E-state index in [2.05, 4.69) is 10.4 Å². The Kier molecular flexibility index (Phi) is 7.06. The highest BCUT2D eigenvalue weighted by Gasteiger charge is 2.24. The maximum atomic E-state index is 13.7. The van der Waals surface area contributed by atoms with Gasteiger partial charge in [0, 0.05) is 31.8 Å². The van der Waals surface area contributed by atoms with E-state index < -0.39 is 0 Å². The zero-order valence-electron chi connectivity index (χ0n) is 17.6. The maximum absolute atomic E-state index is 13.7. The molecule has 0 atom stereocenters. The van der Waals surface area contributed by atoms with Crippen molar-refractivity contribution in [3.05, 3.63) is 66.0 Å². The average molecular weight is 410 g/mol. The molecular weight excluding hydrogens is 383 g/mol. The van der Waals surface area contributed by atoms with Crippen LogP contribution in [0.4, 0.5) is 9.18 Å². The minimum atomic E-state index is -0.380. The van der Waals surface area contributed by atoms with E-state index >= 15 is 0 Å². The van der Waals surface area contributed by atoms with Crippen molar-refractivity contribution in [2.24, 2.45) is 7.05 Å². The van der Waals surface area contributed by atoms with Crippen molar-refractivity contribution in [2.45, 2.75) is 26.8 Å². The fourth-order valence-corrected chi connectivity index (χ4v) is 3.27. The number of amides is 2. The van der Waals surface area contributed by atoms with Crippen molar-refractivity contribution in [3.63, 3.8) is 0 Å². The Morgan fingerprint density at radius 2 is 1.93 bits per heavy atom. The molecule has 1 aromatic heterocycles. The summed E-state index contributed by atoms with van der Waals surface area (Å²) >= 11 is 0. The SMILES string of the molecule is CCCN(Cc1c(-c2ccccc2)nn(C)c1Oc1cccc(F)c1)C(=O)NCC. The molecule has 0 aliphatic heterocycles.